The Hall–Kier alpha value is -3.53. The second-order valence-electron chi connectivity index (χ2n) is 7.67. The Labute approximate surface area is 169 Å². The predicted octanol–water partition coefficient (Wildman–Crippen LogP) is 2.69. The number of furan rings is 1. The van der Waals surface area contributed by atoms with Gasteiger partial charge in [0.1, 0.15) is 17.2 Å². The van der Waals surface area contributed by atoms with E-state index in [1.165, 1.54) is 25.1 Å². The predicted molar refractivity (Wildman–Crippen MR) is 101 cm³/mol. The van der Waals surface area contributed by atoms with E-state index in [1.54, 1.807) is 24.3 Å². The van der Waals surface area contributed by atoms with Crippen molar-refractivity contribution in [1.82, 2.24) is 25.1 Å². The van der Waals surface area contributed by atoms with Crippen LogP contribution in [0.5, 0.6) is 0 Å². The number of rotatable bonds is 3. The standard InChI is InChI=1S/C20H18FN5O4/c1-20(2,28)19-25-24-17(30-19)18(27)26-8-7-11-14(23-9-22-11)15(26)16-13(21)10-5-3-4-6-12(10)29-16/h3-6,9,15,28H,7-8H2,1-2H3,(H,22,23)/t15-/m0/s1. The molecule has 5 rings (SSSR count). The first-order valence-electron chi connectivity index (χ1n) is 9.41. The van der Waals surface area contributed by atoms with Crippen LogP contribution in [0.15, 0.2) is 39.4 Å². The molecule has 1 aliphatic heterocycles. The summed E-state index contributed by atoms with van der Waals surface area (Å²) in [5, 5.41) is 17.9. The molecule has 0 saturated heterocycles. The minimum absolute atomic E-state index is 0.0140. The van der Waals surface area contributed by atoms with Crippen LogP contribution in [0, 0.1) is 5.82 Å². The molecule has 0 spiro atoms. The van der Waals surface area contributed by atoms with Gasteiger partial charge in [0.2, 0.25) is 5.89 Å². The molecule has 2 N–H and O–H groups in total. The highest BCUT2D eigenvalue weighted by molar-refractivity contribution is 5.90. The van der Waals surface area contributed by atoms with Crippen LogP contribution in [0.3, 0.4) is 0 Å². The van der Waals surface area contributed by atoms with Crippen molar-refractivity contribution in [3.05, 3.63) is 65.3 Å². The van der Waals surface area contributed by atoms with Gasteiger partial charge in [-0.2, -0.15) is 0 Å². The third-order valence-corrected chi connectivity index (χ3v) is 5.13. The van der Waals surface area contributed by atoms with E-state index in [9.17, 15) is 9.90 Å². The normalized spacial score (nSPS) is 16.8. The largest absolute Gasteiger partial charge is 0.455 e. The maximum atomic E-state index is 15.3. The van der Waals surface area contributed by atoms with Crippen LogP contribution in [-0.2, 0) is 12.0 Å². The Kier molecular flexibility index (Phi) is 4.00. The van der Waals surface area contributed by atoms with E-state index in [1.807, 2.05) is 0 Å². The topological polar surface area (TPSA) is 121 Å². The molecule has 0 saturated carbocycles. The number of hydrogen-bond acceptors (Lipinski definition) is 7. The molecular formula is C20H18FN5O4. The number of nitrogens with zero attached hydrogens (tertiary/aromatic N) is 4. The molecule has 0 fully saturated rings. The first kappa shape index (κ1) is 18.5. The van der Waals surface area contributed by atoms with E-state index in [-0.39, 0.29) is 24.1 Å². The number of carbonyl (C=O) groups is 1. The summed E-state index contributed by atoms with van der Waals surface area (Å²) in [6.07, 6.45) is 2.00. The number of H-pyrrole nitrogens is 1. The molecule has 0 unspecified atom stereocenters. The Balaban J connectivity index is 1.61. The summed E-state index contributed by atoms with van der Waals surface area (Å²) in [5.74, 6) is -1.55. The SMILES string of the molecule is CC(C)(O)c1nnc(C(=O)N2CCc3[nH]cnc3[C@H]2c2oc3ccccc3c2F)o1. The summed E-state index contributed by atoms with van der Waals surface area (Å²) < 4.78 is 26.5. The Bertz CT molecular complexity index is 1250. The number of halogens is 1. The zero-order valence-corrected chi connectivity index (χ0v) is 16.2. The molecule has 0 radical (unpaired) electrons. The van der Waals surface area contributed by atoms with Gasteiger partial charge in [0.25, 0.3) is 0 Å². The lowest BCUT2D eigenvalue weighted by atomic mass is 9.99. The highest BCUT2D eigenvalue weighted by Gasteiger charge is 2.41. The van der Waals surface area contributed by atoms with Crippen molar-refractivity contribution in [1.29, 1.82) is 0 Å². The second kappa shape index (κ2) is 6.49. The molecule has 4 aromatic rings. The van der Waals surface area contributed by atoms with Gasteiger partial charge in [0.05, 0.1) is 17.4 Å². The average Bonchev–Trinajstić information content (AvgIpc) is 3.45. The fraction of sp³-hybridized carbons (Fsp3) is 0.300. The van der Waals surface area contributed by atoms with Crippen molar-refractivity contribution in [3.63, 3.8) is 0 Å². The van der Waals surface area contributed by atoms with Gasteiger partial charge < -0.3 is 23.8 Å². The smallest absolute Gasteiger partial charge is 0.312 e. The minimum Gasteiger partial charge on any atom is -0.455 e. The maximum absolute atomic E-state index is 15.3. The van der Waals surface area contributed by atoms with Crippen molar-refractivity contribution in [2.24, 2.45) is 0 Å². The summed E-state index contributed by atoms with van der Waals surface area (Å²) in [6, 6.07) is 5.83. The average molecular weight is 411 g/mol. The fourth-order valence-electron chi connectivity index (χ4n) is 3.65. The van der Waals surface area contributed by atoms with Crippen molar-refractivity contribution in [2.45, 2.75) is 31.9 Å². The van der Waals surface area contributed by atoms with Crippen molar-refractivity contribution in [3.8, 4) is 0 Å². The number of imidazole rings is 1. The molecular weight excluding hydrogens is 393 g/mol. The molecule has 3 aromatic heterocycles. The molecule has 9 nitrogen and oxygen atoms in total. The van der Waals surface area contributed by atoms with Crippen LogP contribution in [0.4, 0.5) is 4.39 Å². The third-order valence-electron chi connectivity index (χ3n) is 5.13. The molecule has 4 heterocycles. The number of aliphatic hydroxyl groups is 1. The molecule has 154 valence electrons. The zero-order chi connectivity index (χ0) is 21.0. The van der Waals surface area contributed by atoms with Crippen molar-refractivity contribution >= 4 is 16.9 Å². The number of aromatic amines is 1. The number of benzene rings is 1. The summed E-state index contributed by atoms with van der Waals surface area (Å²) in [6.45, 7) is 3.20. The van der Waals surface area contributed by atoms with E-state index < -0.39 is 23.4 Å². The monoisotopic (exact) mass is 411 g/mol. The highest BCUT2D eigenvalue weighted by atomic mass is 19.1. The first-order valence-corrected chi connectivity index (χ1v) is 9.41. The van der Waals surface area contributed by atoms with Gasteiger partial charge in [-0.05, 0) is 26.0 Å². The van der Waals surface area contributed by atoms with Crippen LogP contribution < -0.4 is 0 Å². The summed E-state index contributed by atoms with van der Waals surface area (Å²) in [7, 11) is 0. The molecule has 0 bridgehead atoms. The number of carbonyl (C=O) groups excluding carboxylic acids is 1. The molecule has 10 heteroatoms. The van der Waals surface area contributed by atoms with Gasteiger partial charge in [0, 0.05) is 18.7 Å². The number of para-hydroxylation sites is 1. The highest BCUT2D eigenvalue weighted by Crippen LogP contribution is 2.39. The second-order valence-corrected chi connectivity index (χ2v) is 7.67. The van der Waals surface area contributed by atoms with Gasteiger partial charge in [0.15, 0.2) is 11.6 Å². The molecule has 1 aromatic carbocycles. The minimum atomic E-state index is -1.40. The number of nitrogens with one attached hydrogen (secondary N) is 1. The lowest BCUT2D eigenvalue weighted by molar-refractivity contribution is 0.0437. The van der Waals surface area contributed by atoms with Crippen LogP contribution in [-0.4, -0.2) is 42.6 Å². The molecule has 1 aliphatic rings. The van der Waals surface area contributed by atoms with Crippen LogP contribution in [0.2, 0.25) is 0 Å². The lowest BCUT2D eigenvalue weighted by Crippen LogP contribution is -2.41. The Morgan fingerprint density at radius 2 is 2.10 bits per heavy atom. The fourth-order valence-corrected chi connectivity index (χ4v) is 3.65. The van der Waals surface area contributed by atoms with Gasteiger partial charge >= 0.3 is 11.8 Å². The number of fused-ring (bicyclic) bond motifs is 2. The van der Waals surface area contributed by atoms with E-state index in [0.717, 1.165) is 5.69 Å². The van der Waals surface area contributed by atoms with E-state index >= 15 is 4.39 Å². The molecule has 1 amide bonds. The first-order chi connectivity index (χ1) is 14.3. The van der Waals surface area contributed by atoms with Crippen LogP contribution in [0.1, 0.15) is 53.6 Å². The quantitative estimate of drug-likeness (QED) is 0.532. The van der Waals surface area contributed by atoms with Crippen LogP contribution >= 0.6 is 0 Å². The summed E-state index contributed by atoms with van der Waals surface area (Å²) in [4.78, 5) is 22.0. The molecule has 30 heavy (non-hydrogen) atoms. The van der Waals surface area contributed by atoms with Gasteiger partial charge in [-0.3, -0.25) is 4.79 Å². The van der Waals surface area contributed by atoms with Crippen molar-refractivity contribution < 1.29 is 23.1 Å². The van der Waals surface area contributed by atoms with E-state index in [2.05, 4.69) is 20.2 Å². The van der Waals surface area contributed by atoms with E-state index in [0.29, 0.717) is 23.1 Å². The van der Waals surface area contributed by atoms with E-state index in [4.69, 9.17) is 8.83 Å². The summed E-state index contributed by atoms with van der Waals surface area (Å²) >= 11 is 0. The molecule has 0 aliphatic carbocycles. The third kappa shape index (κ3) is 2.79. The van der Waals surface area contributed by atoms with Crippen LogP contribution in [0.25, 0.3) is 11.0 Å². The lowest BCUT2D eigenvalue weighted by Gasteiger charge is -2.32. The number of aromatic nitrogens is 4. The van der Waals surface area contributed by atoms with Gasteiger partial charge in [-0.25, -0.2) is 9.37 Å². The van der Waals surface area contributed by atoms with Gasteiger partial charge in [-0.15, -0.1) is 10.2 Å². The van der Waals surface area contributed by atoms with Gasteiger partial charge in [-0.1, -0.05) is 12.1 Å². The maximum Gasteiger partial charge on any atom is 0.312 e. The summed E-state index contributed by atoms with van der Waals surface area (Å²) in [5.41, 5.74) is 0.274. The number of hydrogen-bond donors (Lipinski definition) is 2. The Morgan fingerprint density at radius 3 is 2.83 bits per heavy atom. The number of amides is 1. The molecule has 1 atom stereocenters. The zero-order valence-electron chi connectivity index (χ0n) is 16.2. The Morgan fingerprint density at radius 1 is 1.30 bits per heavy atom. The van der Waals surface area contributed by atoms with Crippen molar-refractivity contribution in [2.75, 3.05) is 6.54 Å².